The summed E-state index contributed by atoms with van der Waals surface area (Å²) in [7, 11) is 0. The Morgan fingerprint density at radius 3 is 2.55 bits per heavy atom. The number of hydrogen-bond acceptors (Lipinski definition) is 3. The molecule has 6 heteroatoms. The van der Waals surface area contributed by atoms with Crippen molar-refractivity contribution in [3.63, 3.8) is 0 Å². The van der Waals surface area contributed by atoms with Crippen molar-refractivity contribution in [2.75, 3.05) is 0 Å². The Hall–Kier alpha value is -0.650. The van der Waals surface area contributed by atoms with E-state index >= 15 is 0 Å². The Bertz CT molecular complexity index is 480. The highest BCUT2D eigenvalue weighted by atomic mass is 32.2. The number of fused-ring (bicyclic) bond motifs is 2. The molecule has 0 saturated heterocycles. The van der Waals surface area contributed by atoms with Crippen LogP contribution < -0.4 is 5.32 Å². The molecule has 0 radical (unpaired) electrons. The van der Waals surface area contributed by atoms with Crippen molar-refractivity contribution in [3.8, 4) is 0 Å². The van der Waals surface area contributed by atoms with Gasteiger partial charge in [-0.2, -0.15) is 4.99 Å². The van der Waals surface area contributed by atoms with E-state index in [2.05, 4.69) is 10.3 Å². The first-order valence-corrected chi connectivity index (χ1v) is 8.00. The summed E-state index contributed by atoms with van der Waals surface area (Å²) in [5.74, 6) is -2.90. The van der Waals surface area contributed by atoms with Gasteiger partial charge < -0.3 is 5.32 Å². The van der Waals surface area contributed by atoms with Gasteiger partial charge in [0.25, 0.3) is 11.8 Å². The van der Waals surface area contributed by atoms with Crippen LogP contribution >= 0.6 is 11.8 Å². The maximum Gasteiger partial charge on any atom is 0.264 e. The Morgan fingerprint density at radius 2 is 2.10 bits per heavy atom. The number of thioether (sulfide) groups is 1. The lowest BCUT2D eigenvalue weighted by Gasteiger charge is -2.29. The van der Waals surface area contributed by atoms with Crippen LogP contribution in [0.25, 0.3) is 0 Å². The van der Waals surface area contributed by atoms with Crippen molar-refractivity contribution in [2.24, 2.45) is 22.7 Å². The van der Waals surface area contributed by atoms with E-state index in [-0.39, 0.29) is 30.2 Å². The fourth-order valence-electron chi connectivity index (χ4n) is 3.44. The molecule has 3 rings (SSSR count). The molecule has 2 bridgehead atoms. The van der Waals surface area contributed by atoms with Gasteiger partial charge in [-0.1, -0.05) is 25.6 Å². The normalized spacial score (nSPS) is 42.4. The van der Waals surface area contributed by atoms with E-state index < -0.39 is 16.6 Å². The monoisotopic (exact) mass is 302 g/mol. The summed E-state index contributed by atoms with van der Waals surface area (Å²) in [6, 6.07) is 0.0492. The lowest BCUT2D eigenvalue weighted by molar-refractivity contribution is -0.120. The molecule has 3 nitrogen and oxygen atoms in total. The number of nitrogens with zero attached hydrogens (tertiary/aromatic N) is 1. The van der Waals surface area contributed by atoms with Crippen LogP contribution in [-0.4, -0.2) is 27.8 Å². The zero-order chi connectivity index (χ0) is 14.7. The molecular weight excluding hydrogens is 282 g/mol. The first kappa shape index (κ1) is 14.3. The van der Waals surface area contributed by atoms with Crippen molar-refractivity contribution in [2.45, 2.75) is 56.7 Å². The van der Waals surface area contributed by atoms with Gasteiger partial charge in [-0.3, -0.25) is 4.79 Å². The third kappa shape index (κ3) is 2.07. The number of aliphatic imine (C=N–C) groups is 1. The second-order valence-corrected chi connectivity index (χ2v) is 8.17. The van der Waals surface area contributed by atoms with Gasteiger partial charge in [0.05, 0.1) is 0 Å². The van der Waals surface area contributed by atoms with Crippen molar-refractivity contribution in [3.05, 3.63) is 0 Å². The first-order valence-electron chi connectivity index (χ1n) is 7.19. The Labute approximate surface area is 122 Å². The largest absolute Gasteiger partial charge is 0.361 e. The topological polar surface area (TPSA) is 41.5 Å². The molecule has 20 heavy (non-hydrogen) atoms. The van der Waals surface area contributed by atoms with Gasteiger partial charge in [0.1, 0.15) is 4.75 Å². The molecular formula is C14H20F2N2OS. The van der Waals surface area contributed by atoms with Crippen LogP contribution in [0, 0.1) is 17.8 Å². The van der Waals surface area contributed by atoms with E-state index in [0.29, 0.717) is 18.0 Å². The van der Waals surface area contributed by atoms with Crippen molar-refractivity contribution < 1.29 is 13.6 Å². The number of nitrogens with one attached hydrogen (secondary N) is 1. The molecule has 0 aromatic rings. The van der Waals surface area contributed by atoms with Gasteiger partial charge >= 0.3 is 0 Å². The van der Waals surface area contributed by atoms with E-state index in [4.69, 9.17) is 0 Å². The molecule has 2 saturated carbocycles. The summed E-state index contributed by atoms with van der Waals surface area (Å²) in [5, 5.41) is 3.86. The summed E-state index contributed by atoms with van der Waals surface area (Å²) < 4.78 is 26.5. The summed E-state index contributed by atoms with van der Waals surface area (Å²) in [5.41, 5.74) is 0. The number of amides is 1. The van der Waals surface area contributed by atoms with Crippen molar-refractivity contribution in [1.82, 2.24) is 5.32 Å². The predicted molar refractivity (Wildman–Crippen MR) is 76.0 cm³/mol. The number of carbonyl (C=O) groups excluding carboxylic acids is 1. The molecule has 1 heterocycles. The van der Waals surface area contributed by atoms with Crippen molar-refractivity contribution >= 4 is 22.8 Å². The van der Waals surface area contributed by atoms with Crippen LogP contribution in [-0.2, 0) is 4.79 Å². The number of halogens is 2. The third-order valence-corrected chi connectivity index (χ3v) is 6.65. The maximum absolute atomic E-state index is 13.5. The minimum atomic E-state index is -2.49. The van der Waals surface area contributed by atoms with Crippen LogP contribution in [0.2, 0.25) is 0 Å². The van der Waals surface area contributed by atoms with Gasteiger partial charge in [-0.15, -0.1) is 0 Å². The molecule has 4 atom stereocenters. The highest BCUT2D eigenvalue weighted by Crippen LogP contribution is 2.54. The fourth-order valence-corrected chi connectivity index (χ4v) is 4.55. The third-order valence-electron chi connectivity index (χ3n) is 5.17. The highest BCUT2D eigenvalue weighted by Gasteiger charge is 2.57. The minimum Gasteiger partial charge on any atom is -0.361 e. The Kier molecular flexibility index (Phi) is 3.16. The van der Waals surface area contributed by atoms with Crippen LogP contribution in [0.5, 0.6) is 0 Å². The lowest BCUT2D eigenvalue weighted by Crippen LogP contribution is -2.41. The lowest BCUT2D eigenvalue weighted by atomic mass is 9.92. The number of rotatable bonds is 2. The quantitative estimate of drug-likeness (QED) is 0.852. The minimum absolute atomic E-state index is 0.0132. The van der Waals surface area contributed by atoms with Gasteiger partial charge in [0, 0.05) is 18.4 Å². The molecule has 0 aromatic carbocycles. The number of carbonyl (C=O) groups is 1. The van der Waals surface area contributed by atoms with E-state index in [0.717, 1.165) is 0 Å². The molecule has 1 N–H and O–H groups in total. The molecule has 0 aromatic heterocycles. The molecule has 2 fully saturated rings. The van der Waals surface area contributed by atoms with E-state index in [1.54, 1.807) is 0 Å². The maximum atomic E-state index is 13.5. The molecule has 0 spiro atoms. The summed E-state index contributed by atoms with van der Waals surface area (Å²) >= 11 is 1.45. The Morgan fingerprint density at radius 1 is 1.40 bits per heavy atom. The van der Waals surface area contributed by atoms with Gasteiger partial charge in [-0.25, -0.2) is 8.78 Å². The van der Waals surface area contributed by atoms with Crippen LogP contribution in [0.15, 0.2) is 4.99 Å². The average molecular weight is 302 g/mol. The Balaban J connectivity index is 1.65. The molecule has 112 valence electrons. The predicted octanol–water partition coefficient (Wildman–Crippen LogP) is 3.05. The molecule has 3 aliphatic rings. The molecule has 0 unspecified atom stereocenters. The highest BCUT2D eigenvalue weighted by molar-refractivity contribution is 8.16. The first-order chi connectivity index (χ1) is 9.22. The zero-order valence-corrected chi connectivity index (χ0v) is 12.8. The summed E-state index contributed by atoms with van der Waals surface area (Å²) in [6.45, 7) is 5.90. The zero-order valence-electron chi connectivity index (χ0n) is 12.0. The molecule has 1 amide bonds. The van der Waals surface area contributed by atoms with Gasteiger partial charge in [0.2, 0.25) is 0 Å². The van der Waals surface area contributed by atoms with E-state index in [1.165, 1.54) is 11.8 Å². The van der Waals surface area contributed by atoms with Crippen molar-refractivity contribution in [1.29, 1.82) is 0 Å². The van der Waals surface area contributed by atoms with Gasteiger partial charge in [-0.05, 0) is 31.6 Å². The average Bonchev–Trinajstić information content (AvgIpc) is 2.91. The smallest absolute Gasteiger partial charge is 0.264 e. The molecule has 1 aliphatic heterocycles. The van der Waals surface area contributed by atoms with Gasteiger partial charge in [0.15, 0.2) is 5.17 Å². The standard InChI is InChI=1S/C14H20F2N2OS/c1-7(2)13(3)11(19)18-12(20-13)17-10-5-9-4-8(10)6-14(9,15)16/h7-10H,4-6H2,1-3H3,(H,17,18,19)/t8-,9+,10+,13+/m1/s1. The second-order valence-electron chi connectivity index (χ2n) is 6.73. The van der Waals surface area contributed by atoms with Crippen LogP contribution in [0.4, 0.5) is 8.78 Å². The summed E-state index contributed by atoms with van der Waals surface area (Å²) in [6.07, 6.45) is 1.06. The SMILES string of the molecule is CC(C)[C@]1(C)SC(N[C@H]2C[C@@H]3C[C@@H]2CC3(F)F)=NC1=O. The van der Waals surface area contributed by atoms with Crippen LogP contribution in [0.1, 0.15) is 40.0 Å². The summed E-state index contributed by atoms with van der Waals surface area (Å²) in [4.78, 5) is 16.1. The van der Waals surface area contributed by atoms with E-state index in [9.17, 15) is 13.6 Å². The fraction of sp³-hybridized carbons (Fsp3) is 0.857. The second kappa shape index (κ2) is 4.42. The number of amidine groups is 1. The van der Waals surface area contributed by atoms with E-state index in [1.807, 2.05) is 20.8 Å². The molecule has 2 aliphatic carbocycles. The number of alkyl halides is 2. The number of hydrogen-bond donors (Lipinski definition) is 1. The van der Waals surface area contributed by atoms with Crippen LogP contribution in [0.3, 0.4) is 0 Å².